The van der Waals surface area contributed by atoms with Crippen molar-refractivity contribution < 1.29 is 19.5 Å². The lowest BCUT2D eigenvalue weighted by Crippen LogP contribution is -2.30. The van der Waals surface area contributed by atoms with Crippen molar-refractivity contribution in [3.05, 3.63) is 59.7 Å². The van der Waals surface area contributed by atoms with E-state index in [1.165, 1.54) is 4.90 Å². The Morgan fingerprint density at radius 3 is 2.48 bits per heavy atom. The maximum atomic E-state index is 12.7. The predicted molar refractivity (Wildman–Crippen MR) is 102 cm³/mol. The fourth-order valence-electron chi connectivity index (χ4n) is 3.02. The van der Waals surface area contributed by atoms with Gasteiger partial charge in [-0.05, 0) is 43.2 Å². The van der Waals surface area contributed by atoms with Crippen molar-refractivity contribution in [3.8, 4) is 0 Å². The van der Waals surface area contributed by atoms with Crippen LogP contribution in [-0.2, 0) is 4.79 Å². The van der Waals surface area contributed by atoms with Gasteiger partial charge in [0.05, 0.1) is 5.92 Å². The highest BCUT2D eigenvalue weighted by Gasteiger charge is 2.31. The molecule has 1 aliphatic rings. The van der Waals surface area contributed by atoms with Gasteiger partial charge in [0.1, 0.15) is 0 Å². The maximum absolute atomic E-state index is 12.7. The highest BCUT2D eigenvalue weighted by Crippen LogP contribution is 2.22. The average Bonchev–Trinajstić information content (AvgIpc) is 3.14. The molecule has 3 rings (SSSR count). The summed E-state index contributed by atoms with van der Waals surface area (Å²) in [5, 5.41) is 14.6. The van der Waals surface area contributed by atoms with Crippen LogP contribution >= 0.6 is 0 Å². The average molecular weight is 367 g/mol. The highest BCUT2D eigenvalue weighted by atomic mass is 16.4. The molecule has 7 heteroatoms. The molecule has 1 unspecified atom stereocenters. The molecule has 1 atom stereocenters. The van der Waals surface area contributed by atoms with Crippen molar-refractivity contribution in [2.75, 3.05) is 23.7 Å². The number of amides is 3. The van der Waals surface area contributed by atoms with Gasteiger partial charge >= 0.3 is 12.0 Å². The third-order valence-electron chi connectivity index (χ3n) is 4.59. The number of nitrogens with zero attached hydrogens (tertiary/aromatic N) is 1. The molecular weight excluding hydrogens is 346 g/mol. The zero-order valence-electron chi connectivity index (χ0n) is 14.9. The smallest absolute Gasteiger partial charge is 0.323 e. The number of nitrogens with one attached hydrogen (secondary N) is 2. The third-order valence-corrected chi connectivity index (χ3v) is 4.59. The van der Waals surface area contributed by atoms with Gasteiger partial charge in [0.25, 0.3) is 5.91 Å². The van der Waals surface area contributed by atoms with Crippen LogP contribution in [0.3, 0.4) is 0 Å². The zero-order valence-corrected chi connectivity index (χ0v) is 14.9. The fraction of sp³-hybridized carbons (Fsp3) is 0.250. The Morgan fingerprint density at radius 1 is 1.07 bits per heavy atom. The van der Waals surface area contributed by atoms with Crippen molar-refractivity contribution in [2.24, 2.45) is 5.92 Å². The summed E-state index contributed by atoms with van der Waals surface area (Å²) >= 11 is 0. The molecule has 3 amide bonds. The van der Waals surface area contributed by atoms with E-state index in [2.05, 4.69) is 10.6 Å². The van der Waals surface area contributed by atoms with Crippen LogP contribution in [0.5, 0.6) is 0 Å². The van der Waals surface area contributed by atoms with Crippen LogP contribution < -0.4 is 10.6 Å². The van der Waals surface area contributed by atoms with E-state index in [9.17, 15) is 14.4 Å². The molecular formula is C20H21N3O4. The van der Waals surface area contributed by atoms with Gasteiger partial charge in [-0.15, -0.1) is 0 Å². The van der Waals surface area contributed by atoms with Gasteiger partial charge in [-0.1, -0.05) is 24.3 Å². The van der Waals surface area contributed by atoms with Gasteiger partial charge < -0.3 is 20.6 Å². The lowest BCUT2D eigenvalue weighted by atomic mass is 10.1. The zero-order chi connectivity index (χ0) is 19.4. The molecule has 0 spiro atoms. The third kappa shape index (κ3) is 4.44. The number of rotatable bonds is 4. The Balaban J connectivity index is 1.70. The Hall–Kier alpha value is -3.35. The number of carboxylic acids is 1. The number of aryl methyl sites for hydroxylation is 1. The molecule has 27 heavy (non-hydrogen) atoms. The number of likely N-dealkylation sites (tertiary alicyclic amines) is 1. The summed E-state index contributed by atoms with van der Waals surface area (Å²) in [5.74, 6) is -1.63. The normalized spacial score (nSPS) is 16.0. The number of carboxylic acid groups (broad SMARTS) is 1. The first-order valence-corrected chi connectivity index (χ1v) is 8.70. The van der Waals surface area contributed by atoms with Gasteiger partial charge in [0.15, 0.2) is 0 Å². The van der Waals surface area contributed by atoms with Crippen LogP contribution in [0, 0.1) is 12.8 Å². The summed E-state index contributed by atoms with van der Waals surface area (Å²) in [7, 11) is 0. The van der Waals surface area contributed by atoms with Crippen molar-refractivity contribution in [1.82, 2.24) is 4.90 Å². The molecule has 1 fully saturated rings. The van der Waals surface area contributed by atoms with Crippen LogP contribution in [0.25, 0.3) is 0 Å². The number of urea groups is 1. The number of anilines is 2. The summed E-state index contributed by atoms with van der Waals surface area (Å²) in [6.07, 6.45) is 0.456. The monoisotopic (exact) mass is 367 g/mol. The minimum Gasteiger partial charge on any atom is -0.481 e. The van der Waals surface area contributed by atoms with Gasteiger partial charge in [0.2, 0.25) is 0 Å². The van der Waals surface area contributed by atoms with E-state index in [0.29, 0.717) is 29.9 Å². The summed E-state index contributed by atoms with van der Waals surface area (Å²) in [5.41, 5.74) is 2.43. The van der Waals surface area contributed by atoms with E-state index in [1.54, 1.807) is 30.3 Å². The van der Waals surface area contributed by atoms with Gasteiger partial charge in [-0.25, -0.2) is 4.79 Å². The first-order chi connectivity index (χ1) is 12.9. The van der Waals surface area contributed by atoms with Crippen LogP contribution in [0.15, 0.2) is 48.5 Å². The van der Waals surface area contributed by atoms with Crippen molar-refractivity contribution in [2.45, 2.75) is 13.3 Å². The Kier molecular flexibility index (Phi) is 5.40. The summed E-state index contributed by atoms with van der Waals surface area (Å²) in [6, 6.07) is 13.7. The standard InChI is InChI=1S/C20H21N3O4/c1-13-7-8-14(18(24)23-10-9-15(12-23)19(25)26)11-17(13)22-20(27)21-16-5-3-2-4-6-16/h2-8,11,15H,9-10,12H2,1H3,(H,25,26)(H2,21,22,27). The minimum atomic E-state index is -0.880. The molecule has 2 aromatic carbocycles. The SMILES string of the molecule is Cc1ccc(C(=O)N2CCC(C(=O)O)C2)cc1NC(=O)Nc1ccccc1. The Bertz CT molecular complexity index is 867. The number of aliphatic carboxylic acids is 1. The van der Waals surface area contributed by atoms with Crippen LogP contribution in [-0.4, -0.2) is 41.0 Å². The van der Waals surface area contributed by atoms with Crippen molar-refractivity contribution in [3.63, 3.8) is 0 Å². The second-order valence-corrected chi connectivity index (χ2v) is 6.55. The molecule has 140 valence electrons. The number of carbonyl (C=O) groups excluding carboxylic acids is 2. The van der Waals surface area contributed by atoms with E-state index in [-0.39, 0.29) is 12.5 Å². The molecule has 0 bridgehead atoms. The van der Waals surface area contributed by atoms with E-state index >= 15 is 0 Å². The Morgan fingerprint density at radius 2 is 1.81 bits per heavy atom. The fourth-order valence-corrected chi connectivity index (χ4v) is 3.02. The van der Waals surface area contributed by atoms with Crippen molar-refractivity contribution >= 4 is 29.3 Å². The second kappa shape index (κ2) is 7.90. The lowest BCUT2D eigenvalue weighted by molar-refractivity contribution is -0.141. The van der Waals surface area contributed by atoms with Crippen molar-refractivity contribution in [1.29, 1.82) is 0 Å². The first-order valence-electron chi connectivity index (χ1n) is 8.70. The van der Waals surface area contributed by atoms with E-state index in [4.69, 9.17) is 5.11 Å². The number of benzene rings is 2. The molecule has 1 saturated heterocycles. The molecule has 2 aromatic rings. The van der Waals surface area contributed by atoms with E-state index in [0.717, 1.165) is 5.56 Å². The first kappa shape index (κ1) is 18.4. The number of para-hydroxylation sites is 1. The van der Waals surface area contributed by atoms with Gasteiger partial charge in [0, 0.05) is 30.0 Å². The number of hydrogen-bond acceptors (Lipinski definition) is 3. The Labute approximate surface area is 157 Å². The van der Waals surface area contributed by atoms with Crippen LogP contribution in [0.2, 0.25) is 0 Å². The number of carbonyl (C=O) groups is 3. The van der Waals surface area contributed by atoms with Gasteiger partial charge in [-0.3, -0.25) is 9.59 Å². The molecule has 3 N–H and O–H groups in total. The minimum absolute atomic E-state index is 0.208. The number of hydrogen-bond donors (Lipinski definition) is 3. The molecule has 1 aliphatic heterocycles. The molecule has 0 aliphatic carbocycles. The largest absolute Gasteiger partial charge is 0.481 e. The molecule has 7 nitrogen and oxygen atoms in total. The predicted octanol–water partition coefficient (Wildman–Crippen LogP) is 3.19. The van der Waals surface area contributed by atoms with Crippen LogP contribution in [0.4, 0.5) is 16.2 Å². The molecule has 1 heterocycles. The summed E-state index contributed by atoms with van der Waals surface area (Å²) < 4.78 is 0. The maximum Gasteiger partial charge on any atom is 0.323 e. The second-order valence-electron chi connectivity index (χ2n) is 6.55. The topological polar surface area (TPSA) is 98.7 Å². The molecule has 0 radical (unpaired) electrons. The molecule has 0 aromatic heterocycles. The van der Waals surface area contributed by atoms with Crippen LogP contribution in [0.1, 0.15) is 22.3 Å². The lowest BCUT2D eigenvalue weighted by Gasteiger charge is -2.17. The summed E-state index contributed by atoms with van der Waals surface area (Å²) in [6.45, 7) is 2.46. The van der Waals surface area contributed by atoms with E-state index < -0.39 is 17.9 Å². The van der Waals surface area contributed by atoms with E-state index in [1.807, 2.05) is 25.1 Å². The van der Waals surface area contributed by atoms with Gasteiger partial charge in [-0.2, -0.15) is 0 Å². The molecule has 0 saturated carbocycles. The quantitative estimate of drug-likeness (QED) is 0.773. The highest BCUT2D eigenvalue weighted by molar-refractivity contribution is 6.02. The summed E-state index contributed by atoms with van der Waals surface area (Å²) in [4.78, 5) is 37.5.